The van der Waals surface area contributed by atoms with Crippen molar-refractivity contribution < 1.29 is 19.1 Å². The van der Waals surface area contributed by atoms with Gasteiger partial charge < -0.3 is 15.2 Å². The Balaban J connectivity index is 2.43. The molecule has 1 aliphatic rings. The van der Waals surface area contributed by atoms with E-state index in [0.717, 1.165) is 0 Å². The lowest BCUT2D eigenvalue weighted by molar-refractivity contribution is -0.142. The molecule has 0 aromatic heterocycles. The largest absolute Gasteiger partial charge is 0.368 e. The second-order valence-electron chi connectivity index (χ2n) is 3.89. The molecule has 1 fully saturated rings. The maximum atomic E-state index is 11.5. The summed E-state index contributed by atoms with van der Waals surface area (Å²) in [5, 5.41) is 0. The van der Waals surface area contributed by atoms with E-state index in [1.165, 1.54) is 0 Å². The van der Waals surface area contributed by atoms with Crippen LogP contribution < -0.4 is 5.73 Å². The predicted octanol–water partition coefficient (Wildman–Crippen LogP) is 0.346. The first-order valence-electron chi connectivity index (χ1n) is 4.60. The molecule has 5 nitrogen and oxygen atoms in total. The number of carbonyl (C=O) groups excluding carboxylic acids is 2. The lowest BCUT2D eigenvalue weighted by Gasteiger charge is -2.17. The molecule has 0 aromatic rings. The second kappa shape index (κ2) is 4.59. The summed E-state index contributed by atoms with van der Waals surface area (Å²) < 4.78 is 10.7. The van der Waals surface area contributed by atoms with E-state index in [1.54, 1.807) is 13.8 Å². The monoisotopic (exact) mass is 279 g/mol. The van der Waals surface area contributed by atoms with E-state index in [2.05, 4.69) is 15.9 Å². The predicted molar refractivity (Wildman–Crippen MR) is 56.4 cm³/mol. The van der Waals surface area contributed by atoms with Crippen LogP contribution in [0.25, 0.3) is 0 Å². The van der Waals surface area contributed by atoms with E-state index >= 15 is 0 Å². The highest BCUT2D eigenvalue weighted by atomic mass is 79.9. The Bertz CT molecular complexity index is 279. The zero-order valence-corrected chi connectivity index (χ0v) is 10.2. The van der Waals surface area contributed by atoms with Gasteiger partial charge in [-0.15, -0.1) is 0 Å². The molecule has 6 heteroatoms. The van der Waals surface area contributed by atoms with Gasteiger partial charge in [-0.05, 0) is 13.8 Å². The Kier molecular flexibility index (Phi) is 3.86. The van der Waals surface area contributed by atoms with Gasteiger partial charge in [0.1, 0.15) is 0 Å². The van der Waals surface area contributed by atoms with Gasteiger partial charge in [0.2, 0.25) is 5.91 Å². The SMILES string of the molecule is CC1(C)OCC(CC(=O)C(Br)C(N)=O)O1. The highest BCUT2D eigenvalue weighted by molar-refractivity contribution is 9.10. The maximum Gasteiger partial charge on any atom is 0.238 e. The Hall–Kier alpha value is -0.460. The standard InChI is InChI=1S/C9H14BrNO4/c1-9(2)14-4-5(15-9)3-6(12)7(10)8(11)13/h5,7H,3-4H2,1-2H3,(H2,11,13). The van der Waals surface area contributed by atoms with E-state index in [4.69, 9.17) is 15.2 Å². The Morgan fingerprint density at radius 3 is 2.60 bits per heavy atom. The Morgan fingerprint density at radius 2 is 2.20 bits per heavy atom. The van der Waals surface area contributed by atoms with Crippen LogP contribution in [0.5, 0.6) is 0 Å². The van der Waals surface area contributed by atoms with Crippen molar-refractivity contribution in [1.29, 1.82) is 0 Å². The van der Waals surface area contributed by atoms with Gasteiger partial charge in [-0.3, -0.25) is 9.59 Å². The summed E-state index contributed by atoms with van der Waals surface area (Å²) in [4.78, 5) is 21.3. The van der Waals surface area contributed by atoms with E-state index in [0.29, 0.717) is 6.61 Å². The molecule has 1 saturated heterocycles. The summed E-state index contributed by atoms with van der Waals surface area (Å²) in [6.45, 7) is 3.91. The van der Waals surface area contributed by atoms with Crippen LogP contribution in [0.2, 0.25) is 0 Å². The van der Waals surface area contributed by atoms with Crippen LogP contribution in [0, 0.1) is 0 Å². The van der Waals surface area contributed by atoms with Crippen LogP contribution in [0.4, 0.5) is 0 Å². The van der Waals surface area contributed by atoms with Gasteiger partial charge in [-0.1, -0.05) is 15.9 Å². The summed E-state index contributed by atoms with van der Waals surface area (Å²) in [7, 11) is 0. The van der Waals surface area contributed by atoms with E-state index in [1.807, 2.05) is 0 Å². The number of alkyl halides is 1. The maximum absolute atomic E-state index is 11.5. The van der Waals surface area contributed by atoms with Crippen LogP contribution in [0.3, 0.4) is 0 Å². The lowest BCUT2D eigenvalue weighted by atomic mass is 10.1. The molecular formula is C9H14BrNO4. The molecule has 0 radical (unpaired) electrons. The second-order valence-corrected chi connectivity index (χ2v) is 4.80. The van der Waals surface area contributed by atoms with Crippen molar-refractivity contribution in [3.05, 3.63) is 0 Å². The molecule has 0 aromatic carbocycles. The van der Waals surface area contributed by atoms with Gasteiger partial charge in [-0.25, -0.2) is 0 Å². The summed E-state index contributed by atoms with van der Waals surface area (Å²) in [5.74, 6) is -1.62. The fourth-order valence-corrected chi connectivity index (χ4v) is 1.54. The van der Waals surface area contributed by atoms with Gasteiger partial charge in [-0.2, -0.15) is 0 Å². The van der Waals surface area contributed by atoms with Gasteiger partial charge >= 0.3 is 0 Å². The topological polar surface area (TPSA) is 78.6 Å². The van der Waals surface area contributed by atoms with Crippen LogP contribution >= 0.6 is 15.9 Å². The van der Waals surface area contributed by atoms with Crippen molar-refractivity contribution in [3.63, 3.8) is 0 Å². The van der Waals surface area contributed by atoms with Crippen LogP contribution in [0.1, 0.15) is 20.3 Å². The molecule has 1 amide bonds. The first kappa shape index (κ1) is 12.6. The highest BCUT2D eigenvalue weighted by Crippen LogP contribution is 2.24. The number of halogens is 1. The average Bonchev–Trinajstić information content (AvgIpc) is 2.43. The van der Waals surface area contributed by atoms with Gasteiger partial charge in [0.25, 0.3) is 0 Å². The normalized spacial score (nSPS) is 26.2. The lowest BCUT2D eigenvalue weighted by Crippen LogP contribution is -2.33. The number of hydrogen-bond acceptors (Lipinski definition) is 4. The summed E-state index contributed by atoms with van der Waals surface area (Å²) in [6, 6.07) is 0. The van der Waals surface area contributed by atoms with Crippen molar-refractivity contribution >= 4 is 27.6 Å². The number of rotatable bonds is 4. The molecule has 1 aliphatic heterocycles. The van der Waals surface area contributed by atoms with Gasteiger partial charge in [0.15, 0.2) is 16.4 Å². The molecule has 0 aliphatic carbocycles. The molecule has 0 spiro atoms. The third-order valence-electron chi connectivity index (χ3n) is 2.03. The first-order chi connectivity index (χ1) is 6.82. The number of hydrogen-bond donors (Lipinski definition) is 1. The van der Waals surface area contributed by atoms with Crippen molar-refractivity contribution in [2.75, 3.05) is 6.61 Å². The number of ether oxygens (including phenoxy) is 2. The Labute approximate surface area is 96.4 Å². The molecule has 86 valence electrons. The highest BCUT2D eigenvalue weighted by Gasteiger charge is 2.35. The molecule has 2 atom stereocenters. The number of amides is 1. The molecule has 1 heterocycles. The Morgan fingerprint density at radius 1 is 1.60 bits per heavy atom. The minimum Gasteiger partial charge on any atom is -0.368 e. The smallest absolute Gasteiger partial charge is 0.238 e. The quantitative estimate of drug-likeness (QED) is 0.595. The number of Topliss-reactive ketones (excluding diaryl/α,β-unsaturated/α-hetero) is 1. The zero-order valence-electron chi connectivity index (χ0n) is 8.66. The number of ketones is 1. The van der Waals surface area contributed by atoms with Crippen LogP contribution in [-0.4, -0.2) is 35.0 Å². The third kappa shape index (κ3) is 3.55. The average molecular weight is 280 g/mol. The summed E-state index contributed by atoms with van der Waals surface area (Å²) in [5.41, 5.74) is 4.99. The summed E-state index contributed by atoms with van der Waals surface area (Å²) in [6.07, 6.45) is -0.172. The number of primary amides is 1. The molecule has 1 rings (SSSR count). The molecule has 15 heavy (non-hydrogen) atoms. The molecule has 2 unspecified atom stereocenters. The first-order valence-corrected chi connectivity index (χ1v) is 5.51. The van der Waals surface area contributed by atoms with Gasteiger partial charge in [0, 0.05) is 6.42 Å². The zero-order chi connectivity index (χ0) is 11.6. The third-order valence-corrected chi connectivity index (χ3v) is 2.99. The van der Waals surface area contributed by atoms with Crippen molar-refractivity contribution in [1.82, 2.24) is 0 Å². The number of carbonyl (C=O) groups is 2. The van der Waals surface area contributed by atoms with E-state index in [-0.39, 0.29) is 18.3 Å². The van der Waals surface area contributed by atoms with Gasteiger partial charge in [0.05, 0.1) is 12.7 Å². The summed E-state index contributed by atoms with van der Waals surface area (Å²) >= 11 is 2.92. The number of nitrogens with two attached hydrogens (primary N) is 1. The van der Waals surface area contributed by atoms with Crippen LogP contribution in [-0.2, 0) is 19.1 Å². The molecule has 0 saturated carbocycles. The fourth-order valence-electron chi connectivity index (χ4n) is 1.35. The van der Waals surface area contributed by atoms with Crippen LogP contribution in [0.15, 0.2) is 0 Å². The molecule has 0 bridgehead atoms. The minimum absolute atomic E-state index is 0.127. The van der Waals surface area contributed by atoms with E-state index in [9.17, 15) is 9.59 Å². The van der Waals surface area contributed by atoms with E-state index < -0.39 is 16.5 Å². The van der Waals surface area contributed by atoms with Crippen molar-refractivity contribution in [2.24, 2.45) is 5.73 Å². The van der Waals surface area contributed by atoms with Crippen molar-refractivity contribution in [3.8, 4) is 0 Å². The molecular weight excluding hydrogens is 266 g/mol. The minimum atomic E-state index is -0.940. The fraction of sp³-hybridized carbons (Fsp3) is 0.778. The van der Waals surface area contributed by atoms with Crippen molar-refractivity contribution in [2.45, 2.75) is 37.0 Å². The molecule has 2 N–H and O–H groups in total.